The molecule has 0 aliphatic heterocycles. The summed E-state index contributed by atoms with van der Waals surface area (Å²) >= 11 is 6.05. The van der Waals surface area contributed by atoms with Crippen LogP contribution in [0.5, 0.6) is 5.75 Å². The number of hydrogen-bond acceptors (Lipinski definition) is 5. The molecule has 172 valence electrons. The number of sulfonamides is 1. The van der Waals surface area contributed by atoms with Crippen molar-refractivity contribution in [2.24, 2.45) is 0 Å². The van der Waals surface area contributed by atoms with Gasteiger partial charge in [0.25, 0.3) is 21.8 Å². The van der Waals surface area contributed by atoms with Gasteiger partial charge in [-0.1, -0.05) is 17.7 Å². The van der Waals surface area contributed by atoms with Crippen molar-refractivity contribution >= 4 is 44.8 Å². The number of anilines is 2. The molecule has 2 amide bonds. The van der Waals surface area contributed by atoms with Crippen molar-refractivity contribution in [3.8, 4) is 5.75 Å². The van der Waals surface area contributed by atoms with Crippen LogP contribution in [0.3, 0.4) is 0 Å². The highest BCUT2D eigenvalue weighted by Gasteiger charge is 2.19. The summed E-state index contributed by atoms with van der Waals surface area (Å²) in [7, 11) is -0.960. The number of methoxy groups -OCH3 is 1. The lowest BCUT2D eigenvalue weighted by molar-refractivity contribution is 0.0961. The summed E-state index contributed by atoms with van der Waals surface area (Å²) in [6, 6.07) is 15.2. The number of benzene rings is 3. The molecule has 3 N–H and O–H groups in total. The van der Waals surface area contributed by atoms with Crippen LogP contribution in [0.4, 0.5) is 11.4 Å². The van der Waals surface area contributed by atoms with E-state index in [1.54, 1.807) is 43.3 Å². The zero-order valence-electron chi connectivity index (χ0n) is 18.1. The number of rotatable bonds is 7. The normalized spacial score (nSPS) is 10.9. The van der Waals surface area contributed by atoms with Crippen LogP contribution in [-0.4, -0.2) is 34.4 Å². The number of carbonyl (C=O) groups excluding carboxylic acids is 2. The second-order valence-corrected chi connectivity index (χ2v) is 9.13. The number of halogens is 1. The second kappa shape index (κ2) is 9.93. The van der Waals surface area contributed by atoms with Gasteiger partial charge in [-0.25, -0.2) is 8.42 Å². The Kier molecular flexibility index (Phi) is 7.25. The van der Waals surface area contributed by atoms with Crippen molar-refractivity contribution in [2.45, 2.75) is 11.8 Å². The molecule has 0 unspecified atom stereocenters. The number of nitrogens with one attached hydrogen (secondary N) is 3. The van der Waals surface area contributed by atoms with Gasteiger partial charge in [0.1, 0.15) is 5.75 Å². The van der Waals surface area contributed by atoms with E-state index >= 15 is 0 Å². The van der Waals surface area contributed by atoms with E-state index < -0.39 is 21.8 Å². The summed E-state index contributed by atoms with van der Waals surface area (Å²) in [4.78, 5) is 24.8. The number of aryl methyl sites for hydroxylation is 1. The Bertz CT molecular complexity index is 1310. The third-order valence-corrected chi connectivity index (χ3v) is 6.51. The Balaban J connectivity index is 1.86. The molecule has 0 aliphatic rings. The fourth-order valence-corrected chi connectivity index (χ4v) is 4.28. The molecule has 3 aromatic rings. The summed E-state index contributed by atoms with van der Waals surface area (Å²) < 4.78 is 33.3. The first-order valence-corrected chi connectivity index (χ1v) is 11.6. The lowest BCUT2D eigenvalue weighted by Crippen LogP contribution is -2.19. The van der Waals surface area contributed by atoms with E-state index in [2.05, 4.69) is 15.4 Å². The van der Waals surface area contributed by atoms with Crippen LogP contribution < -0.4 is 20.1 Å². The standard InChI is InChI=1S/C23H22ClN3O5S/c1-14-4-10-18(33(30,31)27-15-5-8-17(32-3)9-6-15)13-19(14)23(29)26-16-7-11-21(24)20(12-16)22(28)25-2/h4-13,27H,1-3H3,(H,25,28)(H,26,29). The molecular formula is C23H22ClN3O5S. The maximum absolute atomic E-state index is 12.9. The summed E-state index contributed by atoms with van der Waals surface area (Å²) in [5, 5.41) is 5.39. The molecule has 0 spiro atoms. The fourth-order valence-electron chi connectivity index (χ4n) is 3.00. The highest BCUT2D eigenvalue weighted by Crippen LogP contribution is 2.24. The predicted octanol–water partition coefficient (Wildman–Crippen LogP) is 4.07. The van der Waals surface area contributed by atoms with Gasteiger partial charge in [0.05, 0.1) is 22.6 Å². The van der Waals surface area contributed by atoms with E-state index in [4.69, 9.17) is 16.3 Å². The monoisotopic (exact) mass is 487 g/mol. The van der Waals surface area contributed by atoms with E-state index in [9.17, 15) is 18.0 Å². The van der Waals surface area contributed by atoms with Gasteiger partial charge in [0.2, 0.25) is 0 Å². The van der Waals surface area contributed by atoms with Crippen molar-refractivity contribution in [2.75, 3.05) is 24.2 Å². The van der Waals surface area contributed by atoms with Crippen LogP contribution in [0.25, 0.3) is 0 Å². The van der Waals surface area contributed by atoms with Gasteiger partial charge in [-0.15, -0.1) is 0 Å². The molecule has 8 nitrogen and oxygen atoms in total. The molecule has 0 aliphatic carbocycles. The third kappa shape index (κ3) is 5.63. The maximum atomic E-state index is 12.9. The summed E-state index contributed by atoms with van der Waals surface area (Å²) in [5.41, 5.74) is 1.64. The molecule has 0 aromatic heterocycles. The zero-order chi connectivity index (χ0) is 24.2. The lowest BCUT2D eigenvalue weighted by atomic mass is 10.1. The van der Waals surface area contributed by atoms with Crippen molar-refractivity contribution in [1.82, 2.24) is 5.32 Å². The largest absolute Gasteiger partial charge is 0.497 e. The molecule has 0 atom stereocenters. The smallest absolute Gasteiger partial charge is 0.261 e. The molecular weight excluding hydrogens is 466 g/mol. The highest BCUT2D eigenvalue weighted by molar-refractivity contribution is 7.92. The summed E-state index contributed by atoms with van der Waals surface area (Å²) in [5.74, 6) is -0.335. The van der Waals surface area contributed by atoms with Gasteiger partial charge in [-0.05, 0) is 67.1 Å². The quantitative estimate of drug-likeness (QED) is 0.465. The zero-order valence-corrected chi connectivity index (χ0v) is 19.7. The van der Waals surface area contributed by atoms with Crippen LogP contribution in [0.15, 0.2) is 65.6 Å². The van der Waals surface area contributed by atoms with Crippen molar-refractivity contribution in [3.63, 3.8) is 0 Å². The molecule has 33 heavy (non-hydrogen) atoms. The maximum Gasteiger partial charge on any atom is 0.261 e. The number of ether oxygens (including phenoxy) is 1. The Hall–Kier alpha value is -3.56. The topological polar surface area (TPSA) is 114 Å². The summed E-state index contributed by atoms with van der Waals surface area (Å²) in [6.45, 7) is 1.69. The Morgan fingerprint density at radius 1 is 0.879 bits per heavy atom. The second-order valence-electron chi connectivity index (χ2n) is 7.04. The highest BCUT2D eigenvalue weighted by atomic mass is 35.5. The van der Waals surface area contributed by atoms with E-state index in [1.807, 2.05) is 0 Å². The van der Waals surface area contributed by atoms with Gasteiger partial charge in [-0.2, -0.15) is 0 Å². The van der Waals surface area contributed by atoms with Crippen molar-refractivity contribution in [1.29, 1.82) is 0 Å². The van der Waals surface area contributed by atoms with E-state index in [1.165, 1.54) is 38.4 Å². The molecule has 0 radical (unpaired) electrons. The average molecular weight is 488 g/mol. The molecule has 0 bridgehead atoms. The average Bonchev–Trinajstić information content (AvgIpc) is 2.80. The minimum Gasteiger partial charge on any atom is -0.497 e. The molecule has 0 heterocycles. The first-order chi connectivity index (χ1) is 15.6. The van der Waals surface area contributed by atoms with Crippen molar-refractivity contribution in [3.05, 3.63) is 82.4 Å². The number of hydrogen-bond donors (Lipinski definition) is 3. The SMILES string of the molecule is CNC(=O)c1cc(NC(=O)c2cc(S(=O)(=O)Nc3ccc(OC)cc3)ccc2C)ccc1Cl. The van der Waals surface area contributed by atoms with Crippen LogP contribution in [0.2, 0.25) is 5.02 Å². The number of carbonyl (C=O) groups is 2. The molecule has 0 saturated carbocycles. The van der Waals surface area contributed by atoms with Gasteiger partial charge in [-0.3, -0.25) is 14.3 Å². The first-order valence-electron chi connectivity index (χ1n) is 9.75. The van der Waals surface area contributed by atoms with Crippen molar-refractivity contribution < 1.29 is 22.7 Å². The van der Waals surface area contributed by atoms with E-state index in [0.29, 0.717) is 22.7 Å². The lowest BCUT2D eigenvalue weighted by Gasteiger charge is -2.13. The molecule has 0 saturated heterocycles. The minimum absolute atomic E-state index is 0.0729. The molecule has 3 rings (SSSR count). The van der Waals surface area contributed by atoms with Gasteiger partial charge >= 0.3 is 0 Å². The van der Waals surface area contributed by atoms with E-state index in [0.717, 1.165) is 0 Å². The van der Waals surface area contributed by atoms with Crippen LogP contribution in [0.1, 0.15) is 26.3 Å². The predicted molar refractivity (Wildman–Crippen MR) is 128 cm³/mol. The summed E-state index contributed by atoms with van der Waals surface area (Å²) in [6.07, 6.45) is 0. The van der Waals surface area contributed by atoms with Gasteiger partial charge < -0.3 is 15.4 Å². The molecule has 0 fully saturated rings. The Morgan fingerprint density at radius 2 is 1.55 bits per heavy atom. The van der Waals surface area contributed by atoms with Crippen LogP contribution in [0, 0.1) is 6.92 Å². The van der Waals surface area contributed by atoms with Crippen LogP contribution in [-0.2, 0) is 10.0 Å². The third-order valence-electron chi connectivity index (χ3n) is 4.80. The van der Waals surface area contributed by atoms with E-state index in [-0.39, 0.29) is 21.0 Å². The Labute approximate surface area is 197 Å². The fraction of sp³-hybridized carbons (Fsp3) is 0.130. The van der Waals surface area contributed by atoms with Gasteiger partial charge in [0, 0.05) is 24.0 Å². The minimum atomic E-state index is -3.95. The van der Waals surface area contributed by atoms with Gasteiger partial charge in [0.15, 0.2) is 0 Å². The van der Waals surface area contributed by atoms with Crippen LogP contribution >= 0.6 is 11.6 Å². The number of amides is 2. The molecule has 10 heteroatoms. The first kappa shape index (κ1) is 24.1. The molecule has 3 aromatic carbocycles. The Morgan fingerprint density at radius 3 is 2.18 bits per heavy atom.